The zero-order valence-corrected chi connectivity index (χ0v) is 14.6. The average Bonchev–Trinajstić information content (AvgIpc) is 2.74. The van der Waals surface area contributed by atoms with Gasteiger partial charge in [0.1, 0.15) is 5.54 Å². The third-order valence-corrected chi connectivity index (χ3v) is 4.69. The number of amides is 3. The number of benzene rings is 2. The van der Waals surface area contributed by atoms with Gasteiger partial charge in [0, 0.05) is 4.47 Å². The van der Waals surface area contributed by atoms with Crippen molar-refractivity contribution in [3.05, 3.63) is 69.7 Å². The van der Waals surface area contributed by atoms with Gasteiger partial charge in [0.15, 0.2) is 0 Å². The third-order valence-electron chi connectivity index (χ3n) is 4.16. The highest BCUT2D eigenvalue weighted by atomic mass is 79.9. The molecule has 1 unspecified atom stereocenters. The summed E-state index contributed by atoms with van der Waals surface area (Å²) in [7, 11) is 0. The Bertz CT molecular complexity index is 756. The van der Waals surface area contributed by atoms with Gasteiger partial charge in [0.05, 0.1) is 6.54 Å². The van der Waals surface area contributed by atoms with E-state index in [9.17, 15) is 9.59 Å². The minimum absolute atomic E-state index is 0.228. The van der Waals surface area contributed by atoms with E-state index in [1.165, 1.54) is 4.90 Å². The molecule has 0 spiro atoms. The van der Waals surface area contributed by atoms with E-state index in [4.69, 9.17) is 0 Å². The van der Waals surface area contributed by atoms with Crippen molar-refractivity contribution in [1.29, 1.82) is 0 Å². The van der Waals surface area contributed by atoms with Crippen LogP contribution in [0.4, 0.5) is 4.79 Å². The summed E-state index contributed by atoms with van der Waals surface area (Å²) in [5, 5.41) is 2.83. The number of hydrogen-bond acceptors (Lipinski definition) is 2. The first-order chi connectivity index (χ1) is 10.9. The van der Waals surface area contributed by atoms with E-state index in [-0.39, 0.29) is 18.5 Å². The second-order valence-electron chi connectivity index (χ2n) is 5.94. The molecule has 0 saturated carbocycles. The minimum Gasteiger partial charge on any atom is -0.319 e. The molecule has 3 rings (SSSR count). The number of rotatable bonds is 3. The topological polar surface area (TPSA) is 49.4 Å². The second-order valence-corrected chi connectivity index (χ2v) is 6.85. The van der Waals surface area contributed by atoms with Crippen molar-refractivity contribution in [1.82, 2.24) is 10.2 Å². The number of carbonyl (C=O) groups excluding carboxylic acids is 2. The van der Waals surface area contributed by atoms with E-state index in [0.717, 1.165) is 21.2 Å². The Kier molecular flexibility index (Phi) is 3.98. The molecule has 1 aliphatic heterocycles. The molecule has 2 aromatic carbocycles. The summed E-state index contributed by atoms with van der Waals surface area (Å²) >= 11 is 3.38. The molecule has 1 heterocycles. The number of nitrogens with one attached hydrogen (secondary N) is 1. The van der Waals surface area contributed by atoms with Crippen LogP contribution in [0.25, 0.3) is 0 Å². The highest BCUT2D eigenvalue weighted by molar-refractivity contribution is 9.10. The quantitative estimate of drug-likeness (QED) is 0.834. The SMILES string of the molecule is Cc1ccc(C2(C)NC(=O)N(Cc3ccc(Br)cc3)C2=O)cc1. The van der Waals surface area contributed by atoms with Crippen LogP contribution in [0.15, 0.2) is 53.0 Å². The van der Waals surface area contributed by atoms with Crippen LogP contribution >= 0.6 is 15.9 Å². The zero-order chi connectivity index (χ0) is 16.6. The Morgan fingerprint density at radius 3 is 2.26 bits per heavy atom. The van der Waals surface area contributed by atoms with Gasteiger partial charge < -0.3 is 5.32 Å². The second kappa shape index (κ2) is 5.81. The van der Waals surface area contributed by atoms with Gasteiger partial charge in [-0.05, 0) is 37.1 Å². The molecule has 0 radical (unpaired) electrons. The van der Waals surface area contributed by atoms with E-state index >= 15 is 0 Å². The maximum absolute atomic E-state index is 12.8. The van der Waals surface area contributed by atoms with Crippen molar-refractivity contribution in [3.63, 3.8) is 0 Å². The molecule has 1 aliphatic rings. The predicted octanol–water partition coefficient (Wildman–Crippen LogP) is 3.72. The number of urea groups is 1. The van der Waals surface area contributed by atoms with Crippen LogP contribution in [0, 0.1) is 6.92 Å². The first-order valence-electron chi connectivity index (χ1n) is 7.36. The van der Waals surface area contributed by atoms with Crippen LogP contribution in [0.2, 0.25) is 0 Å². The van der Waals surface area contributed by atoms with Gasteiger partial charge in [0.25, 0.3) is 5.91 Å². The van der Waals surface area contributed by atoms with Crippen molar-refractivity contribution < 1.29 is 9.59 Å². The lowest BCUT2D eigenvalue weighted by Crippen LogP contribution is -2.40. The van der Waals surface area contributed by atoms with Crippen LogP contribution < -0.4 is 5.32 Å². The summed E-state index contributed by atoms with van der Waals surface area (Å²) in [4.78, 5) is 26.4. The Labute approximate surface area is 143 Å². The van der Waals surface area contributed by atoms with Crippen LogP contribution in [-0.2, 0) is 16.9 Å². The molecule has 0 bridgehead atoms. The molecule has 0 aliphatic carbocycles. The summed E-state index contributed by atoms with van der Waals surface area (Å²) in [5.41, 5.74) is 1.80. The number of hydrogen-bond donors (Lipinski definition) is 1. The highest BCUT2D eigenvalue weighted by Crippen LogP contribution is 2.30. The molecule has 1 atom stereocenters. The fourth-order valence-corrected chi connectivity index (χ4v) is 2.96. The number of halogens is 1. The van der Waals surface area contributed by atoms with Crippen molar-refractivity contribution in [2.45, 2.75) is 25.9 Å². The highest BCUT2D eigenvalue weighted by Gasteiger charge is 2.48. The van der Waals surface area contributed by atoms with Crippen molar-refractivity contribution in [2.24, 2.45) is 0 Å². The number of imide groups is 1. The molecule has 4 nitrogen and oxygen atoms in total. The van der Waals surface area contributed by atoms with Crippen LogP contribution in [0.1, 0.15) is 23.6 Å². The monoisotopic (exact) mass is 372 g/mol. The Morgan fingerprint density at radius 1 is 1.04 bits per heavy atom. The van der Waals surface area contributed by atoms with Crippen LogP contribution in [0.5, 0.6) is 0 Å². The summed E-state index contributed by atoms with van der Waals surface area (Å²) in [5.74, 6) is -0.228. The average molecular weight is 373 g/mol. The summed E-state index contributed by atoms with van der Waals surface area (Å²) in [6, 6.07) is 14.9. The van der Waals surface area contributed by atoms with E-state index in [2.05, 4.69) is 21.2 Å². The number of carbonyl (C=O) groups is 2. The summed E-state index contributed by atoms with van der Waals surface area (Å²) in [6.07, 6.45) is 0. The fourth-order valence-electron chi connectivity index (χ4n) is 2.70. The first kappa shape index (κ1) is 15.7. The van der Waals surface area contributed by atoms with Gasteiger partial charge in [-0.15, -0.1) is 0 Å². The zero-order valence-electron chi connectivity index (χ0n) is 13.0. The van der Waals surface area contributed by atoms with Crippen LogP contribution in [-0.4, -0.2) is 16.8 Å². The van der Waals surface area contributed by atoms with Gasteiger partial charge in [-0.25, -0.2) is 4.79 Å². The molecule has 1 saturated heterocycles. The van der Waals surface area contributed by atoms with Crippen molar-refractivity contribution in [2.75, 3.05) is 0 Å². The molecule has 2 aromatic rings. The first-order valence-corrected chi connectivity index (χ1v) is 8.15. The molecule has 5 heteroatoms. The molecule has 118 valence electrons. The van der Waals surface area contributed by atoms with Gasteiger partial charge in [0.2, 0.25) is 0 Å². The maximum Gasteiger partial charge on any atom is 0.325 e. The van der Waals surface area contributed by atoms with Gasteiger partial charge in [-0.2, -0.15) is 0 Å². The third kappa shape index (κ3) is 2.88. The van der Waals surface area contributed by atoms with Crippen molar-refractivity contribution in [3.8, 4) is 0 Å². The molecule has 1 N–H and O–H groups in total. The Hall–Kier alpha value is -2.14. The van der Waals surface area contributed by atoms with E-state index < -0.39 is 5.54 Å². The number of aryl methyl sites for hydroxylation is 1. The molecule has 1 fully saturated rings. The van der Waals surface area contributed by atoms with Crippen LogP contribution in [0.3, 0.4) is 0 Å². The molecule has 3 amide bonds. The van der Waals surface area contributed by atoms with Crippen molar-refractivity contribution >= 4 is 27.9 Å². The van der Waals surface area contributed by atoms with E-state index in [0.29, 0.717) is 0 Å². The Balaban J connectivity index is 1.87. The lowest BCUT2D eigenvalue weighted by Gasteiger charge is -2.22. The van der Waals surface area contributed by atoms with E-state index in [1.54, 1.807) is 6.92 Å². The largest absolute Gasteiger partial charge is 0.325 e. The molecular formula is C18H17BrN2O2. The molecule has 0 aromatic heterocycles. The minimum atomic E-state index is -1.01. The normalized spacial score (nSPS) is 20.7. The summed E-state index contributed by atoms with van der Waals surface area (Å²) < 4.78 is 0.961. The van der Waals surface area contributed by atoms with E-state index in [1.807, 2.05) is 55.5 Å². The smallest absolute Gasteiger partial charge is 0.319 e. The standard InChI is InChI=1S/C18H17BrN2O2/c1-12-3-7-14(8-4-12)18(2)16(22)21(17(23)20-18)11-13-5-9-15(19)10-6-13/h3-10H,11H2,1-2H3,(H,20,23). The molecule has 23 heavy (non-hydrogen) atoms. The van der Waals surface area contributed by atoms with Gasteiger partial charge in [-0.1, -0.05) is 57.9 Å². The number of nitrogens with zero attached hydrogens (tertiary/aromatic N) is 1. The maximum atomic E-state index is 12.8. The molecular weight excluding hydrogens is 356 g/mol. The fraction of sp³-hybridized carbons (Fsp3) is 0.222. The lowest BCUT2D eigenvalue weighted by atomic mass is 9.91. The van der Waals surface area contributed by atoms with Gasteiger partial charge >= 0.3 is 6.03 Å². The predicted molar refractivity (Wildman–Crippen MR) is 91.8 cm³/mol. The Morgan fingerprint density at radius 2 is 1.65 bits per heavy atom. The van der Waals surface area contributed by atoms with Gasteiger partial charge in [-0.3, -0.25) is 9.69 Å². The lowest BCUT2D eigenvalue weighted by molar-refractivity contribution is -0.131. The summed E-state index contributed by atoms with van der Waals surface area (Å²) in [6.45, 7) is 4.00.